The van der Waals surface area contributed by atoms with Gasteiger partial charge in [-0.2, -0.15) is 0 Å². The van der Waals surface area contributed by atoms with Gasteiger partial charge >= 0.3 is 5.69 Å². The van der Waals surface area contributed by atoms with Crippen LogP contribution in [0.3, 0.4) is 0 Å². The molecular weight excluding hydrogens is 357 g/mol. The number of benzene rings is 2. The summed E-state index contributed by atoms with van der Waals surface area (Å²) in [6.45, 7) is 0. The number of aryl methyl sites for hydroxylation is 1. The Balaban J connectivity index is 1.41. The molecule has 3 aromatic rings. The zero-order valence-electron chi connectivity index (χ0n) is 15.7. The molecule has 1 amide bonds. The van der Waals surface area contributed by atoms with Gasteiger partial charge in [0.15, 0.2) is 0 Å². The SMILES string of the molecule is Cn1c(=O)[nH]c2cc(C(=O)N3C4CCC3CC(c3ccc(F)cc3)C4)ccc21. The number of imidazole rings is 1. The number of fused-ring (bicyclic) bond motifs is 3. The summed E-state index contributed by atoms with van der Waals surface area (Å²) >= 11 is 0. The van der Waals surface area contributed by atoms with Gasteiger partial charge in [-0.05, 0) is 67.5 Å². The van der Waals surface area contributed by atoms with Crippen molar-refractivity contribution in [2.24, 2.45) is 7.05 Å². The van der Waals surface area contributed by atoms with Crippen molar-refractivity contribution in [3.63, 3.8) is 0 Å². The zero-order valence-corrected chi connectivity index (χ0v) is 15.7. The molecule has 2 atom stereocenters. The van der Waals surface area contributed by atoms with Gasteiger partial charge in [-0.1, -0.05) is 12.1 Å². The second-order valence-electron chi connectivity index (χ2n) is 8.04. The van der Waals surface area contributed by atoms with E-state index in [1.807, 2.05) is 29.2 Å². The second kappa shape index (κ2) is 6.33. The number of hydrogen-bond acceptors (Lipinski definition) is 2. The van der Waals surface area contributed by atoms with Gasteiger partial charge in [-0.3, -0.25) is 9.36 Å². The average Bonchev–Trinajstić information content (AvgIpc) is 3.13. The van der Waals surface area contributed by atoms with Crippen molar-refractivity contribution in [2.45, 2.75) is 43.7 Å². The molecule has 0 aliphatic carbocycles. The van der Waals surface area contributed by atoms with E-state index in [4.69, 9.17) is 0 Å². The molecule has 144 valence electrons. The van der Waals surface area contributed by atoms with E-state index in [9.17, 15) is 14.0 Å². The number of piperidine rings is 1. The quantitative estimate of drug-likeness (QED) is 0.740. The normalized spacial score (nSPS) is 24.1. The van der Waals surface area contributed by atoms with Crippen molar-refractivity contribution in [1.29, 1.82) is 0 Å². The van der Waals surface area contributed by atoms with Crippen molar-refractivity contribution < 1.29 is 9.18 Å². The fourth-order valence-corrected chi connectivity index (χ4v) is 5.03. The highest BCUT2D eigenvalue weighted by Crippen LogP contribution is 2.43. The topological polar surface area (TPSA) is 58.1 Å². The van der Waals surface area contributed by atoms with Crippen molar-refractivity contribution in [3.05, 3.63) is 69.9 Å². The van der Waals surface area contributed by atoms with Gasteiger partial charge in [0.25, 0.3) is 5.91 Å². The number of carbonyl (C=O) groups excluding carboxylic acids is 1. The molecule has 3 heterocycles. The van der Waals surface area contributed by atoms with E-state index in [-0.39, 0.29) is 29.5 Å². The summed E-state index contributed by atoms with van der Waals surface area (Å²) in [4.78, 5) is 29.9. The van der Waals surface area contributed by atoms with Gasteiger partial charge < -0.3 is 9.88 Å². The summed E-state index contributed by atoms with van der Waals surface area (Å²) in [6, 6.07) is 12.6. The highest BCUT2D eigenvalue weighted by atomic mass is 19.1. The third-order valence-corrected chi connectivity index (χ3v) is 6.46. The maximum atomic E-state index is 13.3. The molecule has 5 rings (SSSR count). The lowest BCUT2D eigenvalue weighted by molar-refractivity contribution is 0.0571. The van der Waals surface area contributed by atoms with Gasteiger partial charge in [0, 0.05) is 24.7 Å². The highest BCUT2D eigenvalue weighted by molar-refractivity contribution is 5.98. The minimum Gasteiger partial charge on any atom is -0.333 e. The molecule has 2 aliphatic rings. The predicted molar refractivity (Wildman–Crippen MR) is 105 cm³/mol. The zero-order chi connectivity index (χ0) is 19.4. The van der Waals surface area contributed by atoms with Crippen LogP contribution in [0.5, 0.6) is 0 Å². The van der Waals surface area contributed by atoms with Crippen LogP contribution in [0, 0.1) is 5.82 Å². The number of aromatic nitrogens is 2. The number of rotatable bonds is 2. The first-order valence-corrected chi connectivity index (χ1v) is 9.78. The number of nitrogens with zero attached hydrogens (tertiary/aromatic N) is 2. The lowest BCUT2D eigenvalue weighted by Gasteiger charge is -2.39. The molecule has 2 unspecified atom stereocenters. The summed E-state index contributed by atoms with van der Waals surface area (Å²) in [7, 11) is 1.71. The lowest BCUT2D eigenvalue weighted by atomic mass is 9.85. The van der Waals surface area contributed by atoms with E-state index in [0.29, 0.717) is 17.0 Å². The summed E-state index contributed by atoms with van der Waals surface area (Å²) < 4.78 is 14.8. The molecular formula is C22H22FN3O2. The average molecular weight is 379 g/mol. The predicted octanol–water partition coefficient (Wildman–Crippen LogP) is 3.56. The minimum absolute atomic E-state index is 0.0386. The Bertz CT molecular complexity index is 1100. The van der Waals surface area contributed by atoms with Crippen molar-refractivity contribution >= 4 is 16.9 Å². The molecule has 0 spiro atoms. The van der Waals surface area contributed by atoms with Crippen LogP contribution in [0.15, 0.2) is 47.3 Å². The molecule has 2 fully saturated rings. The van der Waals surface area contributed by atoms with Gasteiger partial charge in [0.05, 0.1) is 11.0 Å². The smallest absolute Gasteiger partial charge is 0.326 e. The molecule has 1 aromatic heterocycles. The van der Waals surface area contributed by atoms with E-state index >= 15 is 0 Å². The summed E-state index contributed by atoms with van der Waals surface area (Å²) in [5.74, 6) is 0.195. The number of halogens is 1. The first-order chi connectivity index (χ1) is 13.5. The minimum atomic E-state index is -0.214. The first kappa shape index (κ1) is 17.2. The summed E-state index contributed by atoms with van der Waals surface area (Å²) in [5, 5.41) is 0. The van der Waals surface area contributed by atoms with Crippen LogP contribution in [0.2, 0.25) is 0 Å². The van der Waals surface area contributed by atoms with E-state index in [1.54, 1.807) is 17.7 Å². The van der Waals surface area contributed by atoms with E-state index in [2.05, 4.69) is 4.98 Å². The molecule has 6 heteroatoms. The Morgan fingerprint density at radius 2 is 1.75 bits per heavy atom. The molecule has 28 heavy (non-hydrogen) atoms. The van der Waals surface area contributed by atoms with Crippen molar-refractivity contribution in [3.8, 4) is 0 Å². The number of nitrogens with one attached hydrogen (secondary N) is 1. The fraction of sp³-hybridized carbons (Fsp3) is 0.364. The monoisotopic (exact) mass is 379 g/mol. The van der Waals surface area contributed by atoms with Gasteiger partial charge in [0.1, 0.15) is 5.82 Å². The Morgan fingerprint density at radius 1 is 1.07 bits per heavy atom. The number of amides is 1. The molecule has 2 aliphatic heterocycles. The number of hydrogen-bond donors (Lipinski definition) is 1. The standard InChI is InChI=1S/C22H22FN3O2/c1-25-20-9-4-14(12-19(20)24-22(25)28)21(27)26-17-7-8-18(26)11-15(10-17)13-2-5-16(23)6-3-13/h2-6,9,12,15,17-18H,7-8,10-11H2,1H3,(H,24,28). The van der Waals surface area contributed by atoms with E-state index < -0.39 is 0 Å². The van der Waals surface area contributed by atoms with Crippen LogP contribution >= 0.6 is 0 Å². The maximum absolute atomic E-state index is 13.3. The molecule has 2 bridgehead atoms. The van der Waals surface area contributed by atoms with Crippen LogP contribution in [0.1, 0.15) is 47.5 Å². The largest absolute Gasteiger partial charge is 0.333 e. The molecule has 5 nitrogen and oxygen atoms in total. The number of aromatic amines is 1. The van der Waals surface area contributed by atoms with Crippen LogP contribution in [0.25, 0.3) is 11.0 Å². The molecule has 0 radical (unpaired) electrons. The van der Waals surface area contributed by atoms with Crippen molar-refractivity contribution in [1.82, 2.24) is 14.5 Å². The lowest BCUT2D eigenvalue weighted by Crippen LogP contribution is -2.46. The Hall–Kier alpha value is -2.89. The van der Waals surface area contributed by atoms with E-state index in [0.717, 1.165) is 36.8 Å². The van der Waals surface area contributed by atoms with Gasteiger partial charge in [0.2, 0.25) is 0 Å². The summed E-state index contributed by atoms with van der Waals surface area (Å²) in [6.07, 6.45) is 3.85. The highest BCUT2D eigenvalue weighted by Gasteiger charge is 2.43. The van der Waals surface area contributed by atoms with Crippen LogP contribution in [0.4, 0.5) is 4.39 Å². The fourth-order valence-electron chi connectivity index (χ4n) is 5.03. The molecule has 1 N–H and O–H groups in total. The molecule has 2 saturated heterocycles. The Morgan fingerprint density at radius 3 is 2.43 bits per heavy atom. The Kier molecular flexibility index (Phi) is 3.89. The number of carbonyl (C=O) groups is 1. The summed E-state index contributed by atoms with van der Waals surface area (Å²) in [5.41, 5.74) is 3.08. The van der Waals surface area contributed by atoms with E-state index in [1.165, 1.54) is 12.1 Å². The third kappa shape index (κ3) is 2.66. The third-order valence-electron chi connectivity index (χ3n) is 6.46. The van der Waals surface area contributed by atoms with Gasteiger partial charge in [-0.25, -0.2) is 9.18 Å². The van der Waals surface area contributed by atoms with Crippen LogP contribution < -0.4 is 5.69 Å². The maximum Gasteiger partial charge on any atom is 0.326 e. The van der Waals surface area contributed by atoms with Crippen LogP contribution in [-0.2, 0) is 7.05 Å². The van der Waals surface area contributed by atoms with Crippen molar-refractivity contribution in [2.75, 3.05) is 0 Å². The molecule has 0 saturated carbocycles. The number of H-pyrrole nitrogens is 1. The second-order valence-corrected chi connectivity index (χ2v) is 8.04. The van der Waals surface area contributed by atoms with Crippen LogP contribution in [-0.4, -0.2) is 32.4 Å². The van der Waals surface area contributed by atoms with Gasteiger partial charge in [-0.15, -0.1) is 0 Å². The molecule has 2 aromatic carbocycles. The first-order valence-electron chi connectivity index (χ1n) is 9.78. The Labute approximate surface area is 161 Å².